The zero-order chi connectivity index (χ0) is 15.2. The summed E-state index contributed by atoms with van der Waals surface area (Å²) in [6.45, 7) is 7.50. The first-order valence-corrected chi connectivity index (χ1v) is 9.09. The van der Waals surface area contributed by atoms with Gasteiger partial charge in [0.15, 0.2) is 0 Å². The lowest BCUT2D eigenvalue weighted by Crippen LogP contribution is -2.31. The molecule has 0 saturated carbocycles. The molecule has 1 unspecified atom stereocenters. The van der Waals surface area contributed by atoms with Gasteiger partial charge in [0.05, 0.1) is 5.01 Å². The number of hydrogen-bond donors (Lipinski definition) is 1. The van der Waals surface area contributed by atoms with Gasteiger partial charge in [0.2, 0.25) is 0 Å². The van der Waals surface area contributed by atoms with Gasteiger partial charge < -0.3 is 5.32 Å². The van der Waals surface area contributed by atoms with Crippen molar-refractivity contribution in [1.82, 2.24) is 10.3 Å². The number of hydrogen-bond acceptors (Lipinski definition) is 3. The molecule has 1 N–H and O–H groups in total. The average molecular weight is 367 g/mol. The lowest BCUT2D eigenvalue weighted by Gasteiger charge is -2.18. The summed E-state index contributed by atoms with van der Waals surface area (Å²) in [5.41, 5.74) is 2.52. The van der Waals surface area contributed by atoms with Crippen LogP contribution in [0.25, 0.3) is 0 Å². The van der Waals surface area contributed by atoms with Crippen molar-refractivity contribution in [3.8, 4) is 0 Å². The van der Waals surface area contributed by atoms with Crippen molar-refractivity contribution in [2.75, 3.05) is 6.54 Å². The molecule has 0 fully saturated rings. The highest BCUT2D eigenvalue weighted by molar-refractivity contribution is 9.10. The Balaban J connectivity index is 2.02. The van der Waals surface area contributed by atoms with Crippen molar-refractivity contribution >= 4 is 27.3 Å². The Morgan fingerprint density at radius 1 is 1.19 bits per heavy atom. The summed E-state index contributed by atoms with van der Waals surface area (Å²) in [5.74, 6) is 0.583. The van der Waals surface area contributed by atoms with Gasteiger partial charge in [0, 0.05) is 28.0 Å². The standard InChI is InChI=1S/C17H23BrN2S/c1-12(2)19-10-15(9-17-20-13(3)11-21-17)8-14-4-6-16(18)7-5-14/h4-7,11-12,15,19H,8-10H2,1-3H3. The molecule has 4 heteroatoms. The molecule has 2 rings (SSSR count). The molecule has 0 amide bonds. The molecule has 0 radical (unpaired) electrons. The van der Waals surface area contributed by atoms with E-state index in [0.717, 1.165) is 29.6 Å². The molecule has 0 bridgehead atoms. The number of aromatic nitrogens is 1. The van der Waals surface area contributed by atoms with E-state index >= 15 is 0 Å². The molecule has 21 heavy (non-hydrogen) atoms. The van der Waals surface area contributed by atoms with Crippen molar-refractivity contribution in [3.05, 3.63) is 50.4 Å². The number of nitrogens with zero attached hydrogens (tertiary/aromatic N) is 1. The Morgan fingerprint density at radius 2 is 1.90 bits per heavy atom. The summed E-state index contributed by atoms with van der Waals surface area (Å²) in [5, 5.41) is 6.96. The van der Waals surface area contributed by atoms with Gasteiger partial charge in [-0.05, 0) is 43.5 Å². The third-order valence-electron chi connectivity index (χ3n) is 3.38. The van der Waals surface area contributed by atoms with Crippen LogP contribution in [0.2, 0.25) is 0 Å². The largest absolute Gasteiger partial charge is 0.314 e. The molecule has 1 aromatic heterocycles. The molecule has 0 aliphatic heterocycles. The fourth-order valence-electron chi connectivity index (χ4n) is 2.32. The fourth-order valence-corrected chi connectivity index (χ4v) is 3.47. The average Bonchev–Trinajstić information content (AvgIpc) is 2.84. The summed E-state index contributed by atoms with van der Waals surface area (Å²) in [6.07, 6.45) is 2.14. The molecular weight excluding hydrogens is 344 g/mol. The smallest absolute Gasteiger partial charge is 0.0931 e. The highest BCUT2D eigenvalue weighted by Gasteiger charge is 2.13. The third kappa shape index (κ3) is 5.89. The number of halogens is 1. The van der Waals surface area contributed by atoms with Gasteiger partial charge >= 0.3 is 0 Å². The summed E-state index contributed by atoms with van der Waals surface area (Å²) in [4.78, 5) is 4.62. The van der Waals surface area contributed by atoms with E-state index in [9.17, 15) is 0 Å². The molecule has 0 aliphatic carbocycles. The summed E-state index contributed by atoms with van der Waals surface area (Å²) in [7, 11) is 0. The van der Waals surface area contributed by atoms with Crippen LogP contribution >= 0.6 is 27.3 Å². The van der Waals surface area contributed by atoms with Crippen molar-refractivity contribution in [2.24, 2.45) is 5.92 Å². The van der Waals surface area contributed by atoms with Gasteiger partial charge in [-0.3, -0.25) is 0 Å². The highest BCUT2D eigenvalue weighted by Crippen LogP contribution is 2.19. The van der Waals surface area contributed by atoms with Gasteiger partial charge in [0.1, 0.15) is 0 Å². The first-order valence-electron chi connectivity index (χ1n) is 7.41. The zero-order valence-corrected chi connectivity index (χ0v) is 15.3. The van der Waals surface area contributed by atoms with Crippen LogP contribution in [0.5, 0.6) is 0 Å². The Hall–Kier alpha value is -0.710. The van der Waals surface area contributed by atoms with Crippen molar-refractivity contribution < 1.29 is 0 Å². The van der Waals surface area contributed by atoms with Crippen LogP contribution in [0.1, 0.15) is 30.1 Å². The van der Waals surface area contributed by atoms with Crippen molar-refractivity contribution in [3.63, 3.8) is 0 Å². The second-order valence-corrected chi connectivity index (χ2v) is 7.70. The number of nitrogens with one attached hydrogen (secondary N) is 1. The van der Waals surface area contributed by atoms with Crippen LogP contribution in [0.3, 0.4) is 0 Å². The minimum Gasteiger partial charge on any atom is -0.314 e. The predicted molar refractivity (Wildman–Crippen MR) is 95.0 cm³/mol. The van der Waals surface area contributed by atoms with E-state index in [1.54, 1.807) is 11.3 Å². The summed E-state index contributed by atoms with van der Waals surface area (Å²) >= 11 is 5.28. The van der Waals surface area contributed by atoms with E-state index in [-0.39, 0.29) is 0 Å². The number of thiazole rings is 1. The molecule has 2 aromatic rings. The number of rotatable bonds is 7. The topological polar surface area (TPSA) is 24.9 Å². The second-order valence-electron chi connectivity index (χ2n) is 5.85. The van der Waals surface area contributed by atoms with Gasteiger partial charge in [-0.25, -0.2) is 4.98 Å². The van der Waals surface area contributed by atoms with Crippen LogP contribution in [0, 0.1) is 12.8 Å². The second kappa shape index (κ2) is 8.06. The highest BCUT2D eigenvalue weighted by atomic mass is 79.9. The van der Waals surface area contributed by atoms with E-state index in [2.05, 4.69) is 76.6 Å². The molecule has 0 saturated heterocycles. The lowest BCUT2D eigenvalue weighted by molar-refractivity contribution is 0.443. The zero-order valence-electron chi connectivity index (χ0n) is 12.9. The fraction of sp³-hybridized carbons (Fsp3) is 0.471. The molecule has 1 aromatic carbocycles. The minimum absolute atomic E-state index is 0.524. The minimum atomic E-state index is 0.524. The Kier molecular flexibility index (Phi) is 6.40. The van der Waals surface area contributed by atoms with Crippen LogP contribution in [-0.4, -0.2) is 17.6 Å². The van der Waals surface area contributed by atoms with E-state index in [4.69, 9.17) is 0 Å². The Labute approximate surface area is 140 Å². The van der Waals surface area contributed by atoms with Gasteiger partial charge in [0.25, 0.3) is 0 Å². The monoisotopic (exact) mass is 366 g/mol. The van der Waals surface area contributed by atoms with Crippen molar-refractivity contribution in [1.29, 1.82) is 0 Å². The maximum atomic E-state index is 4.62. The van der Waals surface area contributed by atoms with Crippen LogP contribution in [0.15, 0.2) is 34.1 Å². The SMILES string of the molecule is Cc1csc(CC(CNC(C)C)Cc2ccc(Br)cc2)n1. The Bertz CT molecular complexity index is 548. The molecule has 0 spiro atoms. The number of aryl methyl sites for hydroxylation is 1. The van der Waals surface area contributed by atoms with Crippen LogP contribution in [0.4, 0.5) is 0 Å². The molecule has 1 atom stereocenters. The van der Waals surface area contributed by atoms with Gasteiger partial charge in [-0.2, -0.15) is 0 Å². The number of benzene rings is 1. The summed E-state index contributed by atoms with van der Waals surface area (Å²) < 4.78 is 1.14. The first-order chi connectivity index (χ1) is 10.0. The quantitative estimate of drug-likeness (QED) is 0.773. The lowest BCUT2D eigenvalue weighted by atomic mass is 9.96. The maximum Gasteiger partial charge on any atom is 0.0931 e. The Morgan fingerprint density at radius 3 is 2.48 bits per heavy atom. The van der Waals surface area contributed by atoms with Gasteiger partial charge in [-0.1, -0.05) is 41.9 Å². The predicted octanol–water partition coefficient (Wildman–Crippen LogP) is 4.61. The molecule has 114 valence electrons. The van der Waals surface area contributed by atoms with E-state index in [1.807, 2.05) is 0 Å². The summed E-state index contributed by atoms with van der Waals surface area (Å²) in [6, 6.07) is 9.18. The van der Waals surface area contributed by atoms with Gasteiger partial charge in [-0.15, -0.1) is 11.3 Å². The third-order valence-corrected chi connectivity index (χ3v) is 4.90. The maximum absolute atomic E-state index is 4.62. The van der Waals surface area contributed by atoms with E-state index < -0.39 is 0 Å². The molecular formula is C17H23BrN2S. The van der Waals surface area contributed by atoms with E-state index in [1.165, 1.54) is 10.6 Å². The van der Waals surface area contributed by atoms with Crippen molar-refractivity contribution in [2.45, 2.75) is 39.7 Å². The molecule has 2 nitrogen and oxygen atoms in total. The van der Waals surface area contributed by atoms with E-state index in [0.29, 0.717) is 12.0 Å². The molecule has 1 heterocycles. The van der Waals surface area contributed by atoms with Crippen LogP contribution in [-0.2, 0) is 12.8 Å². The normalized spacial score (nSPS) is 12.8. The molecule has 0 aliphatic rings. The first kappa shape index (κ1) is 16.7. The van der Waals surface area contributed by atoms with Crippen LogP contribution < -0.4 is 5.32 Å².